The molecule has 1 amide bonds. The van der Waals surface area contributed by atoms with E-state index >= 15 is 0 Å². The fourth-order valence-corrected chi connectivity index (χ4v) is 2.53. The number of hydrogen-bond donors (Lipinski definition) is 2. The topological polar surface area (TPSA) is 44.4 Å². The van der Waals surface area contributed by atoms with Gasteiger partial charge in [-0.2, -0.15) is 0 Å². The largest absolute Gasteiger partial charge is 0.365 e. The number of carbonyl (C=O) groups excluding carboxylic acids is 1. The monoisotopic (exact) mass is 339 g/mol. The summed E-state index contributed by atoms with van der Waals surface area (Å²) >= 11 is 3.62. The smallest absolute Gasteiger partial charge is 0.239 e. The maximum atomic E-state index is 11.6. The van der Waals surface area contributed by atoms with Crippen LogP contribution in [0.3, 0.4) is 0 Å². The van der Waals surface area contributed by atoms with Crippen LogP contribution in [0.1, 0.15) is 25.3 Å². The molecule has 0 bridgehead atoms. The molecule has 5 heteroatoms. The fraction of sp³-hybridized carbons (Fsp3) is 0.533. The van der Waals surface area contributed by atoms with E-state index in [4.69, 9.17) is 0 Å². The molecule has 1 saturated carbocycles. The summed E-state index contributed by atoms with van der Waals surface area (Å²) in [6.07, 6.45) is 2.59. The van der Waals surface area contributed by atoms with Crippen LogP contribution in [0.15, 0.2) is 22.7 Å². The minimum atomic E-state index is 0.0469. The molecule has 1 aromatic rings. The van der Waals surface area contributed by atoms with Crippen LogP contribution >= 0.6 is 15.9 Å². The lowest BCUT2D eigenvalue weighted by Gasteiger charge is -2.19. The van der Waals surface area contributed by atoms with E-state index in [1.807, 2.05) is 18.9 Å². The van der Waals surface area contributed by atoms with Gasteiger partial charge in [-0.15, -0.1) is 0 Å². The van der Waals surface area contributed by atoms with Crippen LogP contribution in [0.4, 0.5) is 5.69 Å². The van der Waals surface area contributed by atoms with Crippen LogP contribution in [0.25, 0.3) is 0 Å². The maximum Gasteiger partial charge on any atom is 0.239 e. The van der Waals surface area contributed by atoms with Crippen molar-refractivity contribution in [3.63, 3.8) is 0 Å². The van der Waals surface area contributed by atoms with Gasteiger partial charge in [-0.1, -0.05) is 22.0 Å². The van der Waals surface area contributed by atoms with Crippen molar-refractivity contribution in [1.82, 2.24) is 10.6 Å². The fourth-order valence-electron chi connectivity index (χ4n) is 2.02. The highest BCUT2D eigenvalue weighted by Crippen LogP contribution is 2.25. The molecule has 4 nitrogen and oxygen atoms in total. The summed E-state index contributed by atoms with van der Waals surface area (Å²) in [4.78, 5) is 13.5. The number of nitrogens with zero attached hydrogens (tertiary/aromatic N) is 1. The number of rotatable bonds is 7. The Kier molecular flexibility index (Phi) is 5.43. The van der Waals surface area contributed by atoms with Crippen molar-refractivity contribution in [2.24, 2.45) is 0 Å². The molecule has 1 aromatic carbocycles. The van der Waals surface area contributed by atoms with Crippen LogP contribution in [0.5, 0.6) is 0 Å². The van der Waals surface area contributed by atoms with Crippen LogP contribution in [-0.4, -0.2) is 32.1 Å². The van der Waals surface area contributed by atoms with E-state index in [1.165, 1.54) is 18.4 Å². The van der Waals surface area contributed by atoms with E-state index in [0.717, 1.165) is 16.7 Å². The number of nitrogens with one attached hydrogen (secondary N) is 2. The van der Waals surface area contributed by atoms with E-state index < -0.39 is 0 Å². The van der Waals surface area contributed by atoms with Gasteiger partial charge in [0.15, 0.2) is 0 Å². The van der Waals surface area contributed by atoms with E-state index in [1.54, 1.807) is 0 Å². The lowest BCUT2D eigenvalue weighted by molar-refractivity contribution is -0.119. The second-order valence-corrected chi connectivity index (χ2v) is 6.09. The molecule has 0 heterocycles. The van der Waals surface area contributed by atoms with Gasteiger partial charge in [-0.25, -0.2) is 0 Å². The molecule has 1 fully saturated rings. The first kappa shape index (κ1) is 15.3. The highest BCUT2D eigenvalue weighted by Gasteiger charge is 2.20. The molecule has 0 unspecified atom stereocenters. The first-order valence-electron chi connectivity index (χ1n) is 7.09. The van der Waals surface area contributed by atoms with E-state index in [2.05, 4.69) is 44.8 Å². The van der Waals surface area contributed by atoms with Crippen LogP contribution in [0.2, 0.25) is 0 Å². The van der Waals surface area contributed by atoms with Crippen molar-refractivity contribution in [3.05, 3.63) is 28.2 Å². The molecule has 2 N–H and O–H groups in total. The Bertz CT molecular complexity index is 474. The van der Waals surface area contributed by atoms with Crippen molar-refractivity contribution < 1.29 is 4.79 Å². The summed E-state index contributed by atoms with van der Waals surface area (Å²) in [5.41, 5.74) is 2.30. The number of halogens is 1. The molecule has 0 radical (unpaired) electrons. The van der Waals surface area contributed by atoms with Crippen molar-refractivity contribution in [2.75, 3.05) is 25.0 Å². The number of hydrogen-bond acceptors (Lipinski definition) is 3. The third kappa shape index (κ3) is 4.49. The normalized spacial score (nSPS) is 14.2. The first-order chi connectivity index (χ1) is 9.60. The predicted molar refractivity (Wildman–Crippen MR) is 86.0 cm³/mol. The first-order valence-corrected chi connectivity index (χ1v) is 7.89. The predicted octanol–water partition coefficient (Wildman–Crippen LogP) is 2.27. The number of amides is 1. The molecule has 1 aliphatic rings. The zero-order chi connectivity index (χ0) is 14.5. The number of anilines is 1. The highest BCUT2D eigenvalue weighted by atomic mass is 79.9. The standard InChI is InChI=1S/C15H22BrN3O/c1-3-17-15(20)10-19(2)13-7-4-11(14(16)8-13)9-18-12-5-6-12/h4,7-8,12,18H,3,5-6,9-10H2,1-2H3,(H,17,20). The quantitative estimate of drug-likeness (QED) is 0.800. The lowest BCUT2D eigenvalue weighted by Crippen LogP contribution is -2.34. The molecule has 0 atom stereocenters. The van der Waals surface area contributed by atoms with E-state index in [9.17, 15) is 4.79 Å². The van der Waals surface area contributed by atoms with Crippen molar-refractivity contribution in [1.29, 1.82) is 0 Å². The SMILES string of the molecule is CCNC(=O)CN(C)c1ccc(CNC2CC2)c(Br)c1. The number of benzene rings is 1. The molecule has 110 valence electrons. The minimum Gasteiger partial charge on any atom is -0.365 e. The van der Waals surface area contributed by atoms with Crippen LogP contribution < -0.4 is 15.5 Å². The minimum absolute atomic E-state index is 0.0469. The Morgan fingerprint density at radius 1 is 1.45 bits per heavy atom. The van der Waals surface area contributed by atoms with Gasteiger partial charge in [0.2, 0.25) is 5.91 Å². The Hall–Kier alpha value is -1.07. The molecule has 0 spiro atoms. The summed E-state index contributed by atoms with van der Waals surface area (Å²) < 4.78 is 1.09. The Morgan fingerprint density at radius 3 is 2.80 bits per heavy atom. The Labute approximate surface area is 129 Å². The second-order valence-electron chi connectivity index (χ2n) is 5.24. The Balaban J connectivity index is 1.94. The van der Waals surface area contributed by atoms with Gasteiger partial charge in [0, 0.05) is 36.3 Å². The summed E-state index contributed by atoms with van der Waals surface area (Å²) in [7, 11) is 1.93. The molecule has 20 heavy (non-hydrogen) atoms. The molecular weight excluding hydrogens is 318 g/mol. The summed E-state index contributed by atoms with van der Waals surface area (Å²) in [6, 6.07) is 6.96. The van der Waals surface area contributed by atoms with E-state index in [0.29, 0.717) is 19.1 Å². The average molecular weight is 340 g/mol. The number of likely N-dealkylation sites (N-methyl/N-ethyl adjacent to an activating group) is 2. The molecule has 1 aliphatic carbocycles. The molecule has 0 aliphatic heterocycles. The van der Waals surface area contributed by atoms with Gasteiger partial charge in [0.05, 0.1) is 6.54 Å². The number of carbonyl (C=O) groups is 1. The van der Waals surface area contributed by atoms with Gasteiger partial charge in [0.1, 0.15) is 0 Å². The zero-order valence-electron chi connectivity index (χ0n) is 12.1. The van der Waals surface area contributed by atoms with Gasteiger partial charge >= 0.3 is 0 Å². The molecular formula is C15H22BrN3O. The van der Waals surface area contributed by atoms with Gasteiger partial charge < -0.3 is 15.5 Å². The second kappa shape index (κ2) is 7.09. The zero-order valence-corrected chi connectivity index (χ0v) is 13.7. The highest BCUT2D eigenvalue weighted by molar-refractivity contribution is 9.10. The van der Waals surface area contributed by atoms with E-state index in [-0.39, 0.29) is 5.91 Å². The summed E-state index contributed by atoms with van der Waals surface area (Å²) in [5, 5.41) is 6.31. The van der Waals surface area contributed by atoms with Crippen LogP contribution in [-0.2, 0) is 11.3 Å². The third-order valence-corrected chi connectivity index (χ3v) is 4.13. The van der Waals surface area contributed by atoms with Gasteiger partial charge in [-0.05, 0) is 37.5 Å². The molecule has 0 saturated heterocycles. The Morgan fingerprint density at radius 2 is 2.20 bits per heavy atom. The van der Waals surface area contributed by atoms with Crippen molar-refractivity contribution in [3.8, 4) is 0 Å². The summed E-state index contributed by atoms with van der Waals surface area (Å²) in [6.45, 7) is 3.86. The van der Waals surface area contributed by atoms with Crippen LogP contribution in [0, 0.1) is 0 Å². The van der Waals surface area contributed by atoms with Gasteiger partial charge in [-0.3, -0.25) is 4.79 Å². The summed E-state index contributed by atoms with van der Waals surface area (Å²) in [5.74, 6) is 0.0469. The third-order valence-electron chi connectivity index (χ3n) is 3.39. The lowest BCUT2D eigenvalue weighted by atomic mass is 10.2. The average Bonchev–Trinajstić information content (AvgIpc) is 3.21. The van der Waals surface area contributed by atoms with Crippen molar-refractivity contribution in [2.45, 2.75) is 32.4 Å². The maximum absolute atomic E-state index is 11.6. The van der Waals surface area contributed by atoms with Gasteiger partial charge in [0.25, 0.3) is 0 Å². The molecule has 2 rings (SSSR count). The van der Waals surface area contributed by atoms with Crippen molar-refractivity contribution >= 4 is 27.5 Å². The molecule has 0 aromatic heterocycles.